The molecule has 1 aromatic rings. The quantitative estimate of drug-likeness (QED) is 0.605. The third kappa shape index (κ3) is 2.58. The van der Waals surface area contributed by atoms with Crippen molar-refractivity contribution in [3.8, 4) is 0 Å². The Morgan fingerprint density at radius 1 is 1.47 bits per heavy atom. The Morgan fingerprint density at radius 2 is 2.20 bits per heavy atom. The van der Waals surface area contributed by atoms with Gasteiger partial charge in [0.15, 0.2) is 12.1 Å². The first-order chi connectivity index (χ1) is 7.31. The van der Waals surface area contributed by atoms with E-state index in [1.165, 1.54) is 11.3 Å². The van der Waals surface area contributed by atoms with Crippen LogP contribution in [0.3, 0.4) is 0 Å². The van der Waals surface area contributed by atoms with Crippen molar-refractivity contribution in [3.05, 3.63) is 21.9 Å². The number of hydrogen-bond donors (Lipinski definition) is 0. The molecule has 0 amide bonds. The number of carbonyl (C=O) groups excluding carboxylic acids is 1. The predicted octanol–water partition coefficient (Wildman–Crippen LogP) is 2.61. The molecule has 0 bridgehead atoms. The summed E-state index contributed by atoms with van der Waals surface area (Å²) in [5.41, 5.74) is 0. The highest BCUT2D eigenvalue weighted by Crippen LogP contribution is 2.30. The number of rotatable bonds is 4. The van der Waals surface area contributed by atoms with Crippen molar-refractivity contribution in [1.29, 1.82) is 0 Å². The smallest absolute Gasteiger partial charge is 0.193 e. The van der Waals surface area contributed by atoms with Gasteiger partial charge in [0.2, 0.25) is 0 Å². The van der Waals surface area contributed by atoms with E-state index in [-0.39, 0.29) is 12.1 Å². The van der Waals surface area contributed by atoms with Gasteiger partial charge in [0.25, 0.3) is 0 Å². The molecule has 15 heavy (non-hydrogen) atoms. The molecule has 0 aliphatic carbocycles. The number of thiophene rings is 1. The Balaban J connectivity index is 2.06. The second kappa shape index (κ2) is 5.07. The number of ether oxygens (including phenoxy) is 2. The summed E-state index contributed by atoms with van der Waals surface area (Å²) in [7, 11) is 0. The van der Waals surface area contributed by atoms with Gasteiger partial charge in [0.1, 0.15) is 0 Å². The number of halogens is 1. The van der Waals surface area contributed by atoms with Crippen LogP contribution in [0.1, 0.15) is 27.3 Å². The lowest BCUT2D eigenvalue weighted by Crippen LogP contribution is -1.96. The van der Waals surface area contributed by atoms with Crippen LogP contribution in [-0.2, 0) is 9.47 Å². The van der Waals surface area contributed by atoms with E-state index in [9.17, 15) is 4.79 Å². The molecule has 0 unspecified atom stereocenters. The molecule has 0 aromatic carbocycles. The molecule has 5 heteroatoms. The van der Waals surface area contributed by atoms with Crippen molar-refractivity contribution >= 4 is 28.7 Å². The lowest BCUT2D eigenvalue weighted by Gasteiger charge is -2.04. The SMILES string of the molecule is O=C(CCCl)c1ccc(C2OCCO2)s1. The second-order valence-corrected chi connectivity index (χ2v) is 4.63. The summed E-state index contributed by atoms with van der Waals surface area (Å²) in [5, 5.41) is 0. The molecule has 0 radical (unpaired) electrons. The minimum Gasteiger partial charge on any atom is -0.345 e. The molecular weight excluding hydrogens is 236 g/mol. The zero-order chi connectivity index (χ0) is 10.7. The fourth-order valence-corrected chi connectivity index (χ4v) is 2.51. The molecule has 2 rings (SSSR count). The van der Waals surface area contributed by atoms with Crippen LogP contribution in [0.25, 0.3) is 0 Å². The number of Topliss-reactive ketones (excluding diaryl/α,β-unsaturated/α-hetero) is 1. The van der Waals surface area contributed by atoms with Gasteiger partial charge in [-0.15, -0.1) is 22.9 Å². The highest BCUT2D eigenvalue weighted by atomic mass is 35.5. The van der Waals surface area contributed by atoms with Crippen LogP contribution in [-0.4, -0.2) is 24.9 Å². The molecule has 1 aliphatic rings. The fourth-order valence-electron chi connectivity index (χ4n) is 1.36. The maximum Gasteiger partial charge on any atom is 0.193 e. The summed E-state index contributed by atoms with van der Waals surface area (Å²) in [6.45, 7) is 1.24. The third-order valence-corrected chi connectivity index (χ3v) is 3.41. The number of hydrogen-bond acceptors (Lipinski definition) is 4. The van der Waals surface area contributed by atoms with Gasteiger partial charge in [-0.1, -0.05) is 0 Å². The van der Waals surface area contributed by atoms with Crippen molar-refractivity contribution in [3.63, 3.8) is 0 Å². The Morgan fingerprint density at radius 3 is 2.87 bits per heavy atom. The van der Waals surface area contributed by atoms with E-state index in [1.54, 1.807) is 6.07 Å². The second-order valence-electron chi connectivity index (χ2n) is 3.14. The van der Waals surface area contributed by atoms with Crippen LogP contribution in [0, 0.1) is 0 Å². The predicted molar refractivity (Wildman–Crippen MR) is 58.6 cm³/mol. The summed E-state index contributed by atoms with van der Waals surface area (Å²) in [5.74, 6) is 0.446. The van der Waals surface area contributed by atoms with Crippen molar-refractivity contribution in [2.75, 3.05) is 19.1 Å². The highest BCUT2D eigenvalue weighted by molar-refractivity contribution is 7.14. The zero-order valence-corrected chi connectivity index (χ0v) is 9.64. The van der Waals surface area contributed by atoms with Gasteiger partial charge in [-0.05, 0) is 12.1 Å². The largest absolute Gasteiger partial charge is 0.345 e. The van der Waals surface area contributed by atoms with Gasteiger partial charge in [-0.25, -0.2) is 0 Å². The summed E-state index contributed by atoms with van der Waals surface area (Å²) in [6.07, 6.45) is 0.0982. The first-order valence-corrected chi connectivity index (χ1v) is 6.08. The van der Waals surface area contributed by atoms with E-state index in [0.29, 0.717) is 25.5 Å². The van der Waals surface area contributed by atoms with Crippen LogP contribution in [0.2, 0.25) is 0 Å². The maximum atomic E-state index is 11.5. The van der Waals surface area contributed by atoms with Crippen LogP contribution in [0.5, 0.6) is 0 Å². The Hall–Kier alpha value is -0.420. The van der Waals surface area contributed by atoms with E-state index in [4.69, 9.17) is 21.1 Å². The topological polar surface area (TPSA) is 35.5 Å². The van der Waals surface area contributed by atoms with Crippen LogP contribution >= 0.6 is 22.9 Å². The van der Waals surface area contributed by atoms with Crippen molar-refractivity contribution in [2.45, 2.75) is 12.7 Å². The van der Waals surface area contributed by atoms with Gasteiger partial charge in [-0.2, -0.15) is 0 Å². The number of ketones is 1. The summed E-state index contributed by atoms with van der Waals surface area (Å²) < 4.78 is 10.7. The van der Waals surface area contributed by atoms with E-state index in [1.807, 2.05) is 6.07 Å². The Kier molecular flexibility index (Phi) is 3.75. The molecule has 0 saturated carbocycles. The molecule has 2 heterocycles. The zero-order valence-electron chi connectivity index (χ0n) is 8.07. The van der Waals surface area contributed by atoms with E-state index < -0.39 is 0 Å². The highest BCUT2D eigenvalue weighted by Gasteiger charge is 2.21. The third-order valence-electron chi connectivity index (χ3n) is 2.08. The molecule has 1 saturated heterocycles. The van der Waals surface area contributed by atoms with Gasteiger partial charge < -0.3 is 9.47 Å². The molecule has 82 valence electrons. The van der Waals surface area contributed by atoms with E-state index in [2.05, 4.69) is 0 Å². The summed E-state index contributed by atoms with van der Waals surface area (Å²) in [4.78, 5) is 13.2. The average molecular weight is 247 g/mol. The monoisotopic (exact) mass is 246 g/mol. The standard InChI is InChI=1S/C10H11ClO3S/c11-4-3-7(12)8-1-2-9(15-8)10-13-5-6-14-10/h1-2,10H,3-6H2. The molecule has 0 N–H and O–H groups in total. The molecule has 1 aliphatic heterocycles. The summed E-state index contributed by atoms with van der Waals surface area (Å²) >= 11 is 6.93. The fraction of sp³-hybridized carbons (Fsp3) is 0.500. The number of alkyl halides is 1. The molecule has 0 atom stereocenters. The van der Waals surface area contributed by atoms with E-state index in [0.717, 1.165) is 9.75 Å². The number of carbonyl (C=O) groups is 1. The minimum absolute atomic E-state index is 0.0826. The summed E-state index contributed by atoms with van der Waals surface area (Å²) in [6, 6.07) is 3.68. The van der Waals surface area contributed by atoms with Crippen LogP contribution in [0.4, 0.5) is 0 Å². The van der Waals surface area contributed by atoms with Gasteiger partial charge in [0.05, 0.1) is 23.0 Å². The van der Waals surface area contributed by atoms with Crippen LogP contribution < -0.4 is 0 Å². The van der Waals surface area contributed by atoms with Gasteiger partial charge in [-0.3, -0.25) is 4.79 Å². The lowest BCUT2D eigenvalue weighted by molar-refractivity contribution is -0.0413. The maximum absolute atomic E-state index is 11.5. The normalized spacial score (nSPS) is 17.1. The lowest BCUT2D eigenvalue weighted by atomic mass is 10.2. The Bertz CT molecular complexity index is 344. The molecular formula is C10H11ClO3S. The van der Waals surface area contributed by atoms with Crippen molar-refractivity contribution in [2.24, 2.45) is 0 Å². The first-order valence-electron chi connectivity index (χ1n) is 4.73. The molecule has 1 fully saturated rings. The van der Waals surface area contributed by atoms with Crippen molar-refractivity contribution < 1.29 is 14.3 Å². The van der Waals surface area contributed by atoms with Gasteiger partial charge in [0, 0.05) is 12.3 Å². The average Bonchev–Trinajstić information content (AvgIpc) is 2.89. The van der Waals surface area contributed by atoms with Crippen LogP contribution in [0.15, 0.2) is 12.1 Å². The molecule has 3 nitrogen and oxygen atoms in total. The Labute approximate surface area is 96.9 Å². The van der Waals surface area contributed by atoms with Gasteiger partial charge >= 0.3 is 0 Å². The first kappa shape index (κ1) is 11.1. The molecule has 0 spiro atoms. The molecule has 1 aromatic heterocycles. The van der Waals surface area contributed by atoms with Crippen molar-refractivity contribution in [1.82, 2.24) is 0 Å². The minimum atomic E-state index is -0.285. The van der Waals surface area contributed by atoms with E-state index >= 15 is 0 Å².